The molecule has 5 heteroatoms. The van der Waals surface area contributed by atoms with Crippen LogP contribution in [0, 0.1) is 6.07 Å². The van der Waals surface area contributed by atoms with Gasteiger partial charge in [-0.3, -0.25) is 9.59 Å². The molecule has 0 bridgehead atoms. The summed E-state index contributed by atoms with van der Waals surface area (Å²) in [6.45, 7) is 0. The van der Waals surface area contributed by atoms with Gasteiger partial charge >= 0.3 is 0 Å². The van der Waals surface area contributed by atoms with E-state index in [1.165, 1.54) is 12.1 Å². The third-order valence-electron chi connectivity index (χ3n) is 1.73. The molecule has 4 nitrogen and oxygen atoms in total. The maximum Gasteiger partial charge on any atom is 0.233 e. The second-order valence-corrected chi connectivity index (χ2v) is 2.46. The first kappa shape index (κ1) is 9.87. The number of rotatable bonds is 0. The fourth-order valence-corrected chi connectivity index (χ4v) is 1.18. The van der Waals surface area contributed by atoms with E-state index in [1.807, 2.05) is 0 Å². The van der Waals surface area contributed by atoms with Crippen LogP contribution in [0.15, 0.2) is 12.1 Å². The summed E-state index contributed by atoms with van der Waals surface area (Å²) >= 11 is 0. The van der Waals surface area contributed by atoms with Crippen molar-refractivity contribution in [3.63, 3.8) is 0 Å². The van der Waals surface area contributed by atoms with Gasteiger partial charge in [-0.05, 0) is 5.56 Å². The molecule has 0 aliphatic carbocycles. The Labute approximate surface area is 87.3 Å². The number of carbonyl (C=O) groups is 2. The Kier molecular flexibility index (Phi) is 2.48. The summed E-state index contributed by atoms with van der Waals surface area (Å²) in [4.78, 5) is 22.1. The average molecular weight is 264 g/mol. The molecule has 0 aromatic heterocycles. The van der Waals surface area contributed by atoms with Gasteiger partial charge in [-0.2, -0.15) is 18.2 Å². The minimum absolute atomic E-state index is 0. The standard InChI is InChI=1S/C8H5N2O2.Rh/c9-5-3-1-2-4-6(5)8(12)10-7(4)11;/h1-2H,9H2,(H,10,11,12);/q-1;. The van der Waals surface area contributed by atoms with Gasteiger partial charge in [-0.25, -0.2) is 0 Å². The summed E-state index contributed by atoms with van der Waals surface area (Å²) in [5.41, 5.74) is 6.24. The third-order valence-corrected chi connectivity index (χ3v) is 1.73. The first-order chi connectivity index (χ1) is 5.70. The number of hydrogen-bond acceptors (Lipinski definition) is 3. The molecule has 0 spiro atoms. The molecule has 69 valence electrons. The van der Waals surface area contributed by atoms with Gasteiger partial charge in [0.1, 0.15) is 0 Å². The van der Waals surface area contributed by atoms with E-state index in [9.17, 15) is 9.59 Å². The molecule has 0 unspecified atom stereocenters. The number of imide groups is 1. The quantitative estimate of drug-likeness (QED) is 0.298. The van der Waals surface area contributed by atoms with Gasteiger partial charge in [-0.1, -0.05) is 11.3 Å². The number of benzene rings is 1. The molecule has 13 heavy (non-hydrogen) atoms. The van der Waals surface area contributed by atoms with Crippen LogP contribution in [0.5, 0.6) is 0 Å². The molecule has 0 saturated heterocycles. The predicted molar refractivity (Wildman–Crippen MR) is 41.5 cm³/mol. The van der Waals surface area contributed by atoms with Crippen molar-refractivity contribution in [1.29, 1.82) is 0 Å². The zero-order valence-corrected chi connectivity index (χ0v) is 8.02. The molecule has 3 N–H and O–H groups in total. The molecule has 2 rings (SSSR count). The summed E-state index contributed by atoms with van der Waals surface area (Å²) < 4.78 is 0. The van der Waals surface area contributed by atoms with Crippen LogP contribution in [0.4, 0.5) is 5.69 Å². The van der Waals surface area contributed by atoms with E-state index in [1.54, 1.807) is 0 Å². The molecule has 1 aliphatic heterocycles. The zero-order valence-electron chi connectivity index (χ0n) is 6.38. The molecule has 1 aliphatic rings. The summed E-state index contributed by atoms with van der Waals surface area (Å²) in [7, 11) is 0. The normalized spacial score (nSPS) is 13.2. The largest absolute Gasteiger partial charge is 0.419 e. The second kappa shape index (κ2) is 3.26. The number of nitrogen functional groups attached to an aromatic ring is 1. The molecular weight excluding hydrogens is 259 g/mol. The molecule has 0 atom stereocenters. The Bertz CT molecular complexity index is 390. The molecule has 1 aromatic carbocycles. The van der Waals surface area contributed by atoms with Crippen molar-refractivity contribution in [2.45, 2.75) is 0 Å². The maximum atomic E-state index is 11.1. The van der Waals surface area contributed by atoms with Gasteiger partial charge in [-0.15, -0.1) is 0 Å². The molecule has 2 amide bonds. The van der Waals surface area contributed by atoms with Crippen molar-refractivity contribution in [3.8, 4) is 0 Å². The number of anilines is 1. The minimum atomic E-state index is -0.440. The van der Waals surface area contributed by atoms with Crippen LogP contribution in [-0.2, 0) is 19.5 Å². The fourth-order valence-electron chi connectivity index (χ4n) is 1.18. The number of carbonyl (C=O) groups excluding carboxylic acids is 2. The smallest absolute Gasteiger partial charge is 0.233 e. The number of fused-ring (bicyclic) bond motifs is 1. The summed E-state index contributed by atoms with van der Waals surface area (Å²) in [5, 5.41) is 2.15. The van der Waals surface area contributed by atoms with Gasteiger partial charge in [0.05, 0.1) is 0 Å². The Hall–Kier alpha value is -1.22. The first-order valence-electron chi connectivity index (χ1n) is 3.36. The average Bonchev–Trinajstić information content (AvgIpc) is 2.29. The van der Waals surface area contributed by atoms with Crippen LogP contribution in [-0.4, -0.2) is 11.8 Å². The molecule has 1 radical (unpaired) electrons. The summed E-state index contributed by atoms with van der Waals surface area (Å²) in [6.07, 6.45) is 0. The maximum absolute atomic E-state index is 11.1. The SMILES string of the molecule is Nc1[c-]ccc2c1C(=O)NC2=O.[Rh]. The Morgan fingerprint density at radius 3 is 2.62 bits per heavy atom. The van der Waals surface area contributed by atoms with E-state index in [0.717, 1.165) is 0 Å². The van der Waals surface area contributed by atoms with E-state index in [2.05, 4.69) is 11.4 Å². The third kappa shape index (κ3) is 1.35. The number of hydrogen-bond donors (Lipinski definition) is 2. The second-order valence-electron chi connectivity index (χ2n) is 2.46. The van der Waals surface area contributed by atoms with Gasteiger partial charge in [0, 0.05) is 19.5 Å². The van der Waals surface area contributed by atoms with E-state index in [4.69, 9.17) is 5.73 Å². The van der Waals surface area contributed by atoms with Gasteiger partial charge in [0.15, 0.2) is 0 Å². The molecule has 1 aromatic rings. The van der Waals surface area contributed by atoms with Crippen molar-refractivity contribution < 1.29 is 29.1 Å². The molecular formula is C8H5N2O2Rh-. The predicted octanol–water partition coefficient (Wildman–Crippen LogP) is -0.0499. The molecule has 1 heterocycles. The number of nitrogens with one attached hydrogen (secondary N) is 1. The van der Waals surface area contributed by atoms with Crippen LogP contribution >= 0.6 is 0 Å². The summed E-state index contributed by atoms with van der Waals surface area (Å²) in [5.74, 6) is -0.833. The Morgan fingerprint density at radius 2 is 2.00 bits per heavy atom. The Morgan fingerprint density at radius 1 is 1.31 bits per heavy atom. The van der Waals surface area contributed by atoms with Crippen molar-refractivity contribution in [2.24, 2.45) is 0 Å². The summed E-state index contributed by atoms with van der Waals surface area (Å²) in [6, 6.07) is 5.69. The van der Waals surface area contributed by atoms with Crippen LogP contribution < -0.4 is 11.1 Å². The van der Waals surface area contributed by atoms with Gasteiger partial charge in [0.25, 0.3) is 0 Å². The monoisotopic (exact) mass is 264 g/mol. The molecule has 0 saturated carbocycles. The van der Waals surface area contributed by atoms with Gasteiger partial charge < -0.3 is 11.1 Å². The van der Waals surface area contributed by atoms with E-state index in [-0.39, 0.29) is 30.7 Å². The fraction of sp³-hybridized carbons (Fsp3) is 0. The van der Waals surface area contributed by atoms with Crippen LogP contribution in [0.2, 0.25) is 0 Å². The van der Waals surface area contributed by atoms with E-state index >= 15 is 0 Å². The van der Waals surface area contributed by atoms with Crippen LogP contribution in [0.1, 0.15) is 20.7 Å². The number of nitrogens with two attached hydrogens (primary N) is 1. The van der Waals surface area contributed by atoms with E-state index < -0.39 is 11.8 Å². The van der Waals surface area contributed by atoms with Crippen molar-refractivity contribution in [1.82, 2.24) is 5.32 Å². The van der Waals surface area contributed by atoms with Crippen LogP contribution in [0.3, 0.4) is 0 Å². The van der Waals surface area contributed by atoms with Gasteiger partial charge in [0.2, 0.25) is 11.8 Å². The minimum Gasteiger partial charge on any atom is -0.419 e. The van der Waals surface area contributed by atoms with Crippen molar-refractivity contribution >= 4 is 17.5 Å². The van der Waals surface area contributed by atoms with E-state index in [0.29, 0.717) is 5.56 Å². The topological polar surface area (TPSA) is 72.2 Å². The zero-order chi connectivity index (χ0) is 8.72. The Balaban J connectivity index is 0.000000845. The van der Waals surface area contributed by atoms with Crippen molar-refractivity contribution in [3.05, 3.63) is 29.3 Å². The number of amides is 2. The van der Waals surface area contributed by atoms with Crippen molar-refractivity contribution in [2.75, 3.05) is 5.73 Å². The molecule has 0 fully saturated rings. The first-order valence-corrected chi connectivity index (χ1v) is 3.36. The van der Waals surface area contributed by atoms with Crippen LogP contribution in [0.25, 0.3) is 0 Å².